The van der Waals surface area contributed by atoms with Crippen LogP contribution >= 0.6 is 0 Å². The number of allylic oxidation sites excluding steroid dienone is 1. The van der Waals surface area contributed by atoms with Crippen LogP contribution in [-0.2, 0) is 42.6 Å². The summed E-state index contributed by atoms with van der Waals surface area (Å²) < 4.78 is 55.2. The van der Waals surface area contributed by atoms with Crippen LogP contribution in [0, 0.1) is 28.6 Å². The molecule has 4 aliphatic carbocycles. The molecule has 73 heavy (non-hydrogen) atoms. The molecule has 0 radical (unpaired) electrons. The highest BCUT2D eigenvalue weighted by Gasteiger charge is 2.67. The van der Waals surface area contributed by atoms with E-state index in [1.54, 1.807) is 67.6 Å². The van der Waals surface area contributed by atoms with Crippen molar-refractivity contribution in [3.05, 3.63) is 83.4 Å². The molecule has 23 atom stereocenters. The van der Waals surface area contributed by atoms with Crippen LogP contribution < -0.4 is 0 Å². The summed E-state index contributed by atoms with van der Waals surface area (Å²) in [5, 5.41) is 87.5. The molecule has 8 N–H and O–H groups in total. The van der Waals surface area contributed by atoms with Crippen molar-refractivity contribution in [1.29, 1.82) is 0 Å². The monoisotopic (exact) mass is 1030 g/mol. The van der Waals surface area contributed by atoms with Crippen molar-refractivity contribution < 1.29 is 93.1 Å². The summed E-state index contributed by atoms with van der Waals surface area (Å²) in [5.74, 6) is -1.64. The zero-order valence-electron chi connectivity index (χ0n) is 42.0. The average molecular weight is 1030 g/mol. The van der Waals surface area contributed by atoms with Crippen LogP contribution in [0.4, 0.5) is 0 Å². The van der Waals surface area contributed by atoms with Crippen molar-refractivity contribution in [2.75, 3.05) is 20.3 Å². The molecular formula is C54H74O19. The molecule has 7 aliphatic rings. The van der Waals surface area contributed by atoms with Crippen LogP contribution in [0.2, 0.25) is 0 Å². The molecule has 6 fully saturated rings. The molecule has 3 heterocycles. The van der Waals surface area contributed by atoms with Crippen molar-refractivity contribution in [3.8, 4) is 0 Å². The van der Waals surface area contributed by atoms with Gasteiger partial charge in [-0.2, -0.15) is 0 Å². The molecule has 3 aliphatic heterocycles. The van der Waals surface area contributed by atoms with E-state index >= 15 is 0 Å². The number of methoxy groups -OCH3 is 1. The van der Waals surface area contributed by atoms with Crippen LogP contribution in [-0.4, -0.2) is 183 Å². The Hall–Kier alpha value is -3.48. The minimum Gasteiger partial charge on any atom is -0.452 e. The lowest BCUT2D eigenvalue weighted by Gasteiger charge is -2.61. The molecule has 0 spiro atoms. The van der Waals surface area contributed by atoms with E-state index in [1.165, 1.54) is 12.7 Å². The molecule has 19 heteroatoms. The van der Waals surface area contributed by atoms with Gasteiger partial charge in [0.2, 0.25) is 0 Å². The van der Waals surface area contributed by atoms with E-state index < -0.39 is 134 Å². The molecule has 3 saturated heterocycles. The third kappa shape index (κ3) is 9.95. The van der Waals surface area contributed by atoms with Gasteiger partial charge < -0.3 is 83.5 Å². The van der Waals surface area contributed by atoms with Gasteiger partial charge in [-0.15, -0.1) is 0 Å². The number of esters is 2. The zero-order chi connectivity index (χ0) is 52.1. The van der Waals surface area contributed by atoms with Crippen LogP contribution in [0.5, 0.6) is 0 Å². The highest BCUT2D eigenvalue weighted by atomic mass is 16.8. The largest absolute Gasteiger partial charge is 0.452 e. The van der Waals surface area contributed by atoms with E-state index in [0.29, 0.717) is 38.5 Å². The van der Waals surface area contributed by atoms with Crippen molar-refractivity contribution in [1.82, 2.24) is 0 Å². The summed E-state index contributed by atoms with van der Waals surface area (Å²) in [6.07, 6.45) is -13.3. The Morgan fingerprint density at radius 2 is 1.29 bits per heavy atom. The van der Waals surface area contributed by atoms with Crippen LogP contribution in [0.25, 0.3) is 0 Å². The molecule has 9 rings (SSSR count). The van der Waals surface area contributed by atoms with Crippen molar-refractivity contribution in [3.63, 3.8) is 0 Å². The molecule has 3 saturated carbocycles. The molecule has 404 valence electrons. The number of aliphatic hydroxyl groups is 8. The standard InChI is InChI=1S/C54H74O19/c1-27(66-51-46(72-48(63)30-14-10-7-11-15-30)44(40(59)37(26-56)70-51)71-47(62)29-12-8-6-9-13-29)33-20-23-54(64)35-17-16-31-24-32(18-21-52(31,3)34(35)19-22-53(33,54)4)68-50-45(65-5)43(38(57)28(2)67-50)73-49-42(61)41(60)39(58)36(25-55)69-49/h6-16,27-28,32-46,49-51,55-61,64H,17-26H2,1-5H3. The van der Waals surface area contributed by atoms with Crippen LogP contribution in [0.3, 0.4) is 0 Å². The first kappa shape index (κ1) is 54.3. The minimum atomic E-state index is -1.69. The predicted octanol–water partition coefficient (Wildman–Crippen LogP) is 2.31. The van der Waals surface area contributed by atoms with Gasteiger partial charge >= 0.3 is 11.9 Å². The first-order valence-electron chi connectivity index (χ1n) is 25.9. The van der Waals surface area contributed by atoms with Crippen LogP contribution in [0.1, 0.15) is 99.8 Å². The van der Waals surface area contributed by atoms with Gasteiger partial charge in [-0.05, 0) is 113 Å². The van der Waals surface area contributed by atoms with Crippen molar-refractivity contribution in [2.45, 2.75) is 189 Å². The maximum absolute atomic E-state index is 13.7. The molecule has 19 nitrogen and oxygen atoms in total. The number of hydrogen-bond donors (Lipinski definition) is 8. The summed E-state index contributed by atoms with van der Waals surface area (Å²) >= 11 is 0. The van der Waals surface area contributed by atoms with E-state index in [1.807, 2.05) is 6.92 Å². The lowest BCUT2D eigenvalue weighted by Crippen LogP contribution is -2.64. The SMILES string of the molecule is COC1C(OC2CCC3(C)C(=CCC4C3CCC3(C)C(C(C)OC5OC(CO)C(O)C(OC(=O)c6ccccc6)C5OC(=O)c5ccccc5)CCC43O)C2)OC(C)C(O)C1OC1OC(CO)C(O)C(O)C1O. The van der Waals surface area contributed by atoms with E-state index in [-0.39, 0.29) is 40.4 Å². The highest BCUT2D eigenvalue weighted by molar-refractivity contribution is 5.90. The third-order valence-electron chi connectivity index (χ3n) is 18.0. The zero-order valence-corrected chi connectivity index (χ0v) is 42.0. The first-order valence-corrected chi connectivity index (χ1v) is 25.9. The van der Waals surface area contributed by atoms with Gasteiger partial charge in [-0.3, -0.25) is 0 Å². The summed E-state index contributed by atoms with van der Waals surface area (Å²) in [6, 6.07) is 16.5. The fourth-order valence-corrected chi connectivity index (χ4v) is 13.8. The van der Waals surface area contributed by atoms with Crippen LogP contribution in [0.15, 0.2) is 72.3 Å². The van der Waals surface area contributed by atoms with Gasteiger partial charge in [0.25, 0.3) is 0 Å². The van der Waals surface area contributed by atoms with Crippen molar-refractivity contribution in [2.24, 2.45) is 28.6 Å². The van der Waals surface area contributed by atoms with Crippen molar-refractivity contribution >= 4 is 11.9 Å². The minimum absolute atomic E-state index is 0.0712. The summed E-state index contributed by atoms with van der Waals surface area (Å²) in [4.78, 5) is 27.2. The van der Waals surface area contributed by atoms with Gasteiger partial charge in [0, 0.05) is 12.5 Å². The molecule has 0 amide bonds. The molecular weight excluding hydrogens is 953 g/mol. The Morgan fingerprint density at radius 3 is 1.92 bits per heavy atom. The molecule has 2 aromatic carbocycles. The maximum atomic E-state index is 13.7. The van der Waals surface area contributed by atoms with Gasteiger partial charge in [0.1, 0.15) is 54.9 Å². The molecule has 2 aromatic rings. The smallest absolute Gasteiger partial charge is 0.338 e. The van der Waals surface area contributed by atoms with Gasteiger partial charge in [-0.25, -0.2) is 9.59 Å². The highest BCUT2D eigenvalue weighted by Crippen LogP contribution is 2.68. The number of carbonyl (C=O) groups is 2. The third-order valence-corrected chi connectivity index (χ3v) is 18.0. The number of carbonyl (C=O) groups excluding carboxylic acids is 2. The Morgan fingerprint density at radius 1 is 0.671 bits per heavy atom. The number of aliphatic hydroxyl groups excluding tert-OH is 7. The van der Waals surface area contributed by atoms with E-state index in [0.717, 1.165) is 12.8 Å². The second-order valence-electron chi connectivity index (χ2n) is 21.8. The predicted molar refractivity (Wildman–Crippen MR) is 255 cm³/mol. The number of rotatable bonds is 14. The normalized spacial score (nSPS) is 44.9. The van der Waals surface area contributed by atoms with Gasteiger partial charge in [-0.1, -0.05) is 61.9 Å². The fourth-order valence-electron chi connectivity index (χ4n) is 13.8. The number of benzene rings is 2. The molecule has 0 aromatic heterocycles. The van der Waals surface area contributed by atoms with E-state index in [4.69, 9.17) is 42.6 Å². The lowest BCUT2D eigenvalue weighted by atomic mass is 9.45. The second-order valence-corrected chi connectivity index (χ2v) is 21.8. The van der Waals surface area contributed by atoms with E-state index in [9.17, 15) is 50.4 Å². The fraction of sp³-hybridized carbons (Fsp3) is 0.704. The number of ether oxygens (including phenoxy) is 9. The summed E-state index contributed by atoms with van der Waals surface area (Å²) in [6.45, 7) is 6.69. The average Bonchev–Trinajstić information content (AvgIpc) is 3.68. The molecule has 23 unspecified atom stereocenters. The quantitative estimate of drug-likeness (QED) is 0.0996. The van der Waals surface area contributed by atoms with Gasteiger partial charge in [0.15, 0.2) is 31.1 Å². The Bertz CT molecular complexity index is 2230. The number of hydrogen-bond acceptors (Lipinski definition) is 19. The number of fused-ring (bicyclic) bond motifs is 5. The Labute approximate surface area is 425 Å². The van der Waals surface area contributed by atoms with E-state index in [2.05, 4.69) is 19.9 Å². The lowest BCUT2D eigenvalue weighted by molar-refractivity contribution is -0.363. The Balaban J connectivity index is 0.892. The summed E-state index contributed by atoms with van der Waals surface area (Å²) in [7, 11) is 1.42. The van der Waals surface area contributed by atoms with Gasteiger partial charge in [0.05, 0.1) is 48.3 Å². The second kappa shape index (κ2) is 21.9. The maximum Gasteiger partial charge on any atom is 0.338 e. The topological polar surface area (TPSA) is 279 Å². The molecule has 0 bridgehead atoms. The first-order chi connectivity index (χ1) is 34.9. The summed E-state index contributed by atoms with van der Waals surface area (Å²) in [5.41, 5.74) is -0.267. The Kier molecular flexibility index (Phi) is 16.3.